The smallest absolute Gasteiger partial charge is 0.00671 e. The molecule has 1 nitrogen and oxygen atoms in total. The third-order valence-corrected chi connectivity index (χ3v) is 2.90. The van der Waals surface area contributed by atoms with Crippen LogP contribution in [-0.4, -0.2) is 6.04 Å². The van der Waals surface area contributed by atoms with Gasteiger partial charge in [-0.25, -0.2) is 0 Å². The average Bonchev–Trinajstić information content (AvgIpc) is 2.03. The summed E-state index contributed by atoms with van der Waals surface area (Å²) in [5.74, 6) is 0.851. The molecule has 0 unspecified atom stereocenters. The molecule has 66 valence electrons. The van der Waals surface area contributed by atoms with Crippen LogP contribution in [-0.2, 0) is 0 Å². The van der Waals surface area contributed by atoms with Crippen molar-refractivity contribution >= 4 is 0 Å². The molecule has 0 aromatic heterocycles. The fourth-order valence-electron chi connectivity index (χ4n) is 2.06. The molecule has 1 heteroatoms. The summed E-state index contributed by atoms with van der Waals surface area (Å²) in [6.07, 6.45) is 9.51. The Morgan fingerprint density at radius 1 is 1.27 bits per heavy atom. The molecule has 1 rings (SSSR count). The highest BCUT2D eigenvalue weighted by Crippen LogP contribution is 2.26. The third kappa shape index (κ3) is 2.82. The molecule has 0 bridgehead atoms. The minimum Gasteiger partial charge on any atom is -0.327 e. The highest BCUT2D eigenvalue weighted by molar-refractivity contribution is 4.77. The number of rotatable bonds is 3. The molecule has 0 saturated heterocycles. The fraction of sp³-hybridized carbons (Fsp3) is 1.00. The van der Waals surface area contributed by atoms with Crippen molar-refractivity contribution < 1.29 is 0 Å². The van der Waals surface area contributed by atoms with Gasteiger partial charge in [-0.05, 0) is 25.2 Å². The van der Waals surface area contributed by atoms with Crippen LogP contribution in [0.5, 0.6) is 0 Å². The SMILES string of the molecule is CCCC[C@@H]1CCCC[C@H]1N. The second-order valence-electron chi connectivity index (χ2n) is 3.85. The van der Waals surface area contributed by atoms with E-state index in [0.717, 1.165) is 5.92 Å². The van der Waals surface area contributed by atoms with Gasteiger partial charge in [-0.2, -0.15) is 0 Å². The molecular weight excluding hydrogens is 134 g/mol. The molecule has 2 N–H and O–H groups in total. The Labute approximate surface area is 70.4 Å². The zero-order valence-electron chi connectivity index (χ0n) is 7.68. The van der Waals surface area contributed by atoms with Crippen LogP contribution in [0.3, 0.4) is 0 Å². The minimum atomic E-state index is 0.523. The normalized spacial score (nSPS) is 32.2. The maximum absolute atomic E-state index is 6.02. The molecule has 0 amide bonds. The molecule has 1 aliphatic carbocycles. The van der Waals surface area contributed by atoms with Crippen LogP contribution in [0, 0.1) is 5.92 Å². The first-order chi connectivity index (χ1) is 5.34. The highest BCUT2D eigenvalue weighted by Gasteiger charge is 2.20. The topological polar surface area (TPSA) is 26.0 Å². The first-order valence-electron chi connectivity index (χ1n) is 5.10. The van der Waals surface area contributed by atoms with E-state index in [4.69, 9.17) is 5.73 Å². The van der Waals surface area contributed by atoms with Gasteiger partial charge >= 0.3 is 0 Å². The molecule has 1 fully saturated rings. The Bertz CT molecular complexity index is 101. The summed E-state index contributed by atoms with van der Waals surface area (Å²) < 4.78 is 0. The molecule has 1 aliphatic rings. The summed E-state index contributed by atoms with van der Waals surface area (Å²) in [7, 11) is 0. The van der Waals surface area contributed by atoms with Gasteiger partial charge in [0.25, 0.3) is 0 Å². The summed E-state index contributed by atoms with van der Waals surface area (Å²) >= 11 is 0. The van der Waals surface area contributed by atoms with E-state index in [9.17, 15) is 0 Å². The fourth-order valence-corrected chi connectivity index (χ4v) is 2.06. The first-order valence-corrected chi connectivity index (χ1v) is 5.10. The van der Waals surface area contributed by atoms with Gasteiger partial charge in [0.1, 0.15) is 0 Å². The van der Waals surface area contributed by atoms with Crippen molar-refractivity contribution in [2.24, 2.45) is 11.7 Å². The number of hydrogen-bond acceptors (Lipinski definition) is 1. The van der Waals surface area contributed by atoms with E-state index < -0.39 is 0 Å². The molecule has 11 heavy (non-hydrogen) atoms. The highest BCUT2D eigenvalue weighted by atomic mass is 14.7. The Hall–Kier alpha value is -0.0400. The van der Waals surface area contributed by atoms with Crippen LogP contribution in [0.1, 0.15) is 51.9 Å². The van der Waals surface area contributed by atoms with Gasteiger partial charge in [-0.15, -0.1) is 0 Å². The zero-order valence-corrected chi connectivity index (χ0v) is 7.68. The van der Waals surface area contributed by atoms with Gasteiger partial charge in [0.15, 0.2) is 0 Å². The van der Waals surface area contributed by atoms with E-state index >= 15 is 0 Å². The molecule has 0 aromatic carbocycles. The van der Waals surface area contributed by atoms with E-state index in [1.54, 1.807) is 0 Å². The lowest BCUT2D eigenvalue weighted by Crippen LogP contribution is -2.32. The van der Waals surface area contributed by atoms with Crippen LogP contribution in [0.2, 0.25) is 0 Å². The van der Waals surface area contributed by atoms with Crippen molar-refractivity contribution in [3.05, 3.63) is 0 Å². The van der Waals surface area contributed by atoms with Crippen LogP contribution in [0.4, 0.5) is 0 Å². The summed E-state index contributed by atoms with van der Waals surface area (Å²) in [6.45, 7) is 2.26. The molecule has 0 aromatic rings. The number of hydrogen-bond donors (Lipinski definition) is 1. The molecule has 0 heterocycles. The Morgan fingerprint density at radius 3 is 2.64 bits per heavy atom. The van der Waals surface area contributed by atoms with Crippen molar-refractivity contribution in [3.8, 4) is 0 Å². The second kappa shape index (κ2) is 4.76. The van der Waals surface area contributed by atoms with Crippen LogP contribution in [0.15, 0.2) is 0 Å². The molecule has 2 atom stereocenters. The summed E-state index contributed by atoms with van der Waals surface area (Å²) in [4.78, 5) is 0. The monoisotopic (exact) mass is 155 g/mol. The lowest BCUT2D eigenvalue weighted by molar-refractivity contribution is 0.286. The van der Waals surface area contributed by atoms with E-state index in [-0.39, 0.29) is 0 Å². The number of unbranched alkanes of at least 4 members (excludes halogenated alkanes) is 1. The first kappa shape index (κ1) is 9.05. The van der Waals surface area contributed by atoms with Gasteiger partial charge in [-0.1, -0.05) is 32.6 Å². The minimum absolute atomic E-state index is 0.523. The Balaban J connectivity index is 2.18. The second-order valence-corrected chi connectivity index (χ2v) is 3.85. The summed E-state index contributed by atoms with van der Waals surface area (Å²) in [6, 6.07) is 0.523. The molecule has 0 spiro atoms. The van der Waals surface area contributed by atoms with Crippen LogP contribution >= 0.6 is 0 Å². The van der Waals surface area contributed by atoms with Gasteiger partial charge in [0.2, 0.25) is 0 Å². The summed E-state index contributed by atoms with van der Waals surface area (Å²) in [5.41, 5.74) is 6.02. The summed E-state index contributed by atoms with van der Waals surface area (Å²) in [5, 5.41) is 0. The van der Waals surface area contributed by atoms with E-state index in [1.165, 1.54) is 44.9 Å². The van der Waals surface area contributed by atoms with Crippen molar-refractivity contribution in [3.63, 3.8) is 0 Å². The van der Waals surface area contributed by atoms with Crippen molar-refractivity contribution in [1.29, 1.82) is 0 Å². The molecule has 0 radical (unpaired) electrons. The molecule has 0 aliphatic heterocycles. The van der Waals surface area contributed by atoms with Gasteiger partial charge in [0.05, 0.1) is 0 Å². The molecular formula is C10H21N. The predicted octanol–water partition coefficient (Wildman–Crippen LogP) is 2.69. The van der Waals surface area contributed by atoms with Crippen molar-refractivity contribution in [2.75, 3.05) is 0 Å². The van der Waals surface area contributed by atoms with Crippen LogP contribution in [0.25, 0.3) is 0 Å². The van der Waals surface area contributed by atoms with Gasteiger partial charge < -0.3 is 5.73 Å². The number of nitrogens with two attached hydrogens (primary N) is 1. The third-order valence-electron chi connectivity index (χ3n) is 2.90. The lowest BCUT2D eigenvalue weighted by Gasteiger charge is -2.28. The quantitative estimate of drug-likeness (QED) is 0.666. The van der Waals surface area contributed by atoms with Crippen molar-refractivity contribution in [2.45, 2.75) is 57.9 Å². The largest absolute Gasteiger partial charge is 0.327 e. The maximum atomic E-state index is 6.02. The van der Waals surface area contributed by atoms with E-state index in [2.05, 4.69) is 6.92 Å². The maximum Gasteiger partial charge on any atom is 0.00671 e. The zero-order chi connectivity index (χ0) is 8.10. The lowest BCUT2D eigenvalue weighted by atomic mass is 9.82. The van der Waals surface area contributed by atoms with E-state index in [1.807, 2.05) is 0 Å². The Morgan fingerprint density at radius 2 is 2.00 bits per heavy atom. The van der Waals surface area contributed by atoms with Gasteiger partial charge in [-0.3, -0.25) is 0 Å². The molecule has 1 saturated carbocycles. The standard InChI is InChI=1S/C10H21N/c1-2-3-6-9-7-4-5-8-10(9)11/h9-10H,2-8,11H2,1H3/t9-,10-/m1/s1. The van der Waals surface area contributed by atoms with Gasteiger partial charge in [0, 0.05) is 6.04 Å². The predicted molar refractivity (Wildman–Crippen MR) is 49.5 cm³/mol. The van der Waals surface area contributed by atoms with E-state index in [0.29, 0.717) is 6.04 Å². The average molecular weight is 155 g/mol. The van der Waals surface area contributed by atoms with Crippen molar-refractivity contribution in [1.82, 2.24) is 0 Å². The Kier molecular flexibility index (Phi) is 3.92. The van der Waals surface area contributed by atoms with Crippen LogP contribution < -0.4 is 5.73 Å².